The van der Waals surface area contributed by atoms with E-state index in [0.717, 1.165) is 13.0 Å². The van der Waals surface area contributed by atoms with Crippen LogP contribution in [0.15, 0.2) is 0 Å². The van der Waals surface area contributed by atoms with Gasteiger partial charge in [0, 0.05) is 13.6 Å². The Hall–Kier alpha value is -0.610. The molecular weight excluding hydrogens is 194 g/mol. The maximum absolute atomic E-state index is 12.0. The molecule has 0 aromatic rings. The highest BCUT2D eigenvalue weighted by atomic mass is 16.5. The van der Waals surface area contributed by atoms with Crippen LogP contribution in [-0.4, -0.2) is 49.3 Å². The van der Waals surface area contributed by atoms with Crippen molar-refractivity contribution in [1.82, 2.24) is 4.90 Å². The zero-order valence-corrected chi connectivity index (χ0v) is 9.82. The van der Waals surface area contributed by atoms with E-state index in [0.29, 0.717) is 19.1 Å². The van der Waals surface area contributed by atoms with E-state index in [4.69, 9.17) is 4.74 Å². The van der Waals surface area contributed by atoms with E-state index in [1.165, 1.54) is 0 Å². The molecule has 1 fully saturated rings. The van der Waals surface area contributed by atoms with Crippen molar-refractivity contribution in [3.63, 3.8) is 0 Å². The van der Waals surface area contributed by atoms with Gasteiger partial charge in [0.1, 0.15) is 5.41 Å². The van der Waals surface area contributed by atoms with Gasteiger partial charge in [0.05, 0.1) is 19.8 Å². The molecule has 88 valence electrons. The fraction of sp³-hybridized carbons (Fsp3) is 0.909. The van der Waals surface area contributed by atoms with Crippen LogP contribution in [0.25, 0.3) is 0 Å². The number of hydrogen-bond donors (Lipinski definition) is 1. The highest BCUT2D eigenvalue weighted by Gasteiger charge is 2.46. The Bertz CT molecular complexity index is 218. The van der Waals surface area contributed by atoms with Crippen molar-refractivity contribution >= 4 is 5.91 Å². The predicted octanol–water partition coefficient (Wildman–Crippen LogP) is 0.500. The molecule has 0 radical (unpaired) electrons. The number of nitrogens with zero attached hydrogens (tertiary/aromatic N) is 1. The Morgan fingerprint density at radius 2 is 2.13 bits per heavy atom. The second-order valence-corrected chi connectivity index (χ2v) is 4.84. The smallest absolute Gasteiger partial charge is 0.235 e. The second-order valence-electron chi connectivity index (χ2n) is 4.84. The van der Waals surface area contributed by atoms with Crippen molar-refractivity contribution in [3.8, 4) is 0 Å². The zero-order chi connectivity index (χ0) is 11.5. The number of hydrogen-bond acceptors (Lipinski definition) is 3. The minimum absolute atomic E-state index is 0.0110. The number of ether oxygens (including phenoxy) is 1. The third-order valence-corrected chi connectivity index (χ3v) is 2.90. The van der Waals surface area contributed by atoms with Crippen LogP contribution >= 0.6 is 0 Å². The molecule has 1 saturated heterocycles. The number of amides is 1. The molecule has 0 aromatic heterocycles. The highest BCUT2D eigenvalue weighted by molar-refractivity contribution is 5.83. The Morgan fingerprint density at radius 3 is 2.47 bits per heavy atom. The molecule has 0 bridgehead atoms. The van der Waals surface area contributed by atoms with Crippen molar-refractivity contribution in [2.24, 2.45) is 11.3 Å². The fourth-order valence-electron chi connectivity index (χ4n) is 1.59. The molecule has 1 N–H and O–H groups in total. The summed E-state index contributed by atoms with van der Waals surface area (Å²) in [6, 6.07) is 0. The molecule has 1 aliphatic heterocycles. The van der Waals surface area contributed by atoms with Gasteiger partial charge in [-0.25, -0.2) is 0 Å². The van der Waals surface area contributed by atoms with Gasteiger partial charge in [-0.15, -0.1) is 0 Å². The van der Waals surface area contributed by atoms with Gasteiger partial charge in [-0.2, -0.15) is 0 Å². The van der Waals surface area contributed by atoms with E-state index >= 15 is 0 Å². The van der Waals surface area contributed by atoms with Crippen LogP contribution in [0.1, 0.15) is 20.3 Å². The van der Waals surface area contributed by atoms with Crippen LogP contribution in [0.3, 0.4) is 0 Å². The lowest BCUT2D eigenvalue weighted by molar-refractivity contribution is -0.179. The average Bonchev–Trinajstić information content (AvgIpc) is 2.13. The van der Waals surface area contributed by atoms with E-state index in [2.05, 4.69) is 13.8 Å². The van der Waals surface area contributed by atoms with E-state index in [1.54, 1.807) is 11.9 Å². The third-order valence-electron chi connectivity index (χ3n) is 2.90. The van der Waals surface area contributed by atoms with E-state index < -0.39 is 5.41 Å². The number of rotatable bonds is 5. The largest absolute Gasteiger partial charge is 0.395 e. The maximum atomic E-state index is 12.0. The van der Waals surface area contributed by atoms with Crippen LogP contribution in [0.2, 0.25) is 0 Å². The lowest BCUT2D eigenvalue weighted by Gasteiger charge is -2.40. The summed E-state index contributed by atoms with van der Waals surface area (Å²) in [4.78, 5) is 13.7. The summed E-state index contributed by atoms with van der Waals surface area (Å²) in [5.74, 6) is 0.597. The van der Waals surface area contributed by atoms with Gasteiger partial charge < -0.3 is 14.7 Å². The maximum Gasteiger partial charge on any atom is 0.235 e. The number of carbonyl (C=O) groups excluding carboxylic acids is 1. The van der Waals surface area contributed by atoms with Crippen LogP contribution in [0, 0.1) is 11.3 Å². The number of aliphatic hydroxyl groups is 1. The standard InChI is InChI=1S/C11H21NO3/c1-9(2)4-5-12(3)10(14)11(6-13)7-15-8-11/h9,13H,4-8H2,1-3H3. The highest BCUT2D eigenvalue weighted by Crippen LogP contribution is 2.29. The van der Waals surface area contributed by atoms with Crippen molar-refractivity contribution in [2.75, 3.05) is 33.4 Å². The van der Waals surface area contributed by atoms with Crippen molar-refractivity contribution in [3.05, 3.63) is 0 Å². The van der Waals surface area contributed by atoms with Crippen LogP contribution < -0.4 is 0 Å². The molecular formula is C11H21NO3. The average molecular weight is 215 g/mol. The summed E-state index contributed by atoms with van der Waals surface area (Å²) >= 11 is 0. The molecule has 4 heteroatoms. The summed E-state index contributed by atoms with van der Waals surface area (Å²) in [6.45, 7) is 5.61. The molecule has 0 unspecified atom stereocenters. The van der Waals surface area contributed by atoms with Gasteiger partial charge in [0.15, 0.2) is 0 Å². The van der Waals surface area contributed by atoms with Crippen molar-refractivity contribution < 1.29 is 14.6 Å². The molecule has 0 saturated carbocycles. The van der Waals surface area contributed by atoms with Crippen molar-refractivity contribution in [2.45, 2.75) is 20.3 Å². The molecule has 0 aromatic carbocycles. The molecule has 1 amide bonds. The van der Waals surface area contributed by atoms with Crippen molar-refractivity contribution in [1.29, 1.82) is 0 Å². The fourth-order valence-corrected chi connectivity index (χ4v) is 1.59. The summed E-state index contributed by atoms with van der Waals surface area (Å²) in [7, 11) is 1.79. The number of carbonyl (C=O) groups is 1. The van der Waals surface area contributed by atoms with Gasteiger partial charge in [-0.1, -0.05) is 13.8 Å². The van der Waals surface area contributed by atoms with E-state index in [9.17, 15) is 9.90 Å². The van der Waals surface area contributed by atoms with Crippen LogP contribution in [-0.2, 0) is 9.53 Å². The van der Waals surface area contributed by atoms with Gasteiger partial charge in [-0.05, 0) is 12.3 Å². The number of aliphatic hydroxyl groups excluding tert-OH is 1. The molecule has 1 aliphatic rings. The second kappa shape index (κ2) is 4.94. The van der Waals surface area contributed by atoms with Crippen LogP contribution in [0.5, 0.6) is 0 Å². The minimum atomic E-state index is -0.647. The molecule has 1 heterocycles. The quantitative estimate of drug-likeness (QED) is 0.726. The van der Waals surface area contributed by atoms with Gasteiger partial charge >= 0.3 is 0 Å². The molecule has 1 rings (SSSR count). The normalized spacial score (nSPS) is 18.7. The van der Waals surface area contributed by atoms with Gasteiger partial charge in [0.25, 0.3) is 0 Å². The summed E-state index contributed by atoms with van der Waals surface area (Å²) in [5.41, 5.74) is -0.647. The van der Waals surface area contributed by atoms with E-state index in [-0.39, 0.29) is 12.5 Å². The third kappa shape index (κ3) is 2.69. The first kappa shape index (κ1) is 12.5. The summed E-state index contributed by atoms with van der Waals surface area (Å²) in [5, 5.41) is 9.21. The monoisotopic (exact) mass is 215 g/mol. The first-order valence-corrected chi connectivity index (χ1v) is 5.46. The van der Waals surface area contributed by atoms with Crippen LogP contribution in [0.4, 0.5) is 0 Å². The molecule has 4 nitrogen and oxygen atoms in total. The zero-order valence-electron chi connectivity index (χ0n) is 9.82. The topological polar surface area (TPSA) is 49.8 Å². The Labute approximate surface area is 91.2 Å². The van der Waals surface area contributed by atoms with Gasteiger partial charge in [-0.3, -0.25) is 4.79 Å². The lowest BCUT2D eigenvalue weighted by atomic mass is 9.85. The van der Waals surface area contributed by atoms with E-state index in [1.807, 2.05) is 0 Å². The lowest BCUT2D eigenvalue weighted by Crippen LogP contribution is -2.56. The summed E-state index contributed by atoms with van der Waals surface area (Å²) < 4.78 is 5.02. The Kier molecular flexibility index (Phi) is 4.11. The van der Waals surface area contributed by atoms with Gasteiger partial charge in [0.2, 0.25) is 5.91 Å². The molecule has 0 spiro atoms. The Morgan fingerprint density at radius 1 is 1.53 bits per heavy atom. The first-order chi connectivity index (χ1) is 7.02. The SMILES string of the molecule is CC(C)CCN(C)C(=O)C1(CO)COC1. The first-order valence-electron chi connectivity index (χ1n) is 5.46. The summed E-state index contributed by atoms with van der Waals surface area (Å²) in [6.07, 6.45) is 0.991. The minimum Gasteiger partial charge on any atom is -0.395 e. The molecule has 15 heavy (non-hydrogen) atoms. The molecule has 0 atom stereocenters. The Balaban J connectivity index is 2.44. The molecule has 0 aliphatic carbocycles. The predicted molar refractivity (Wildman–Crippen MR) is 57.4 cm³/mol.